The summed E-state index contributed by atoms with van der Waals surface area (Å²) in [5, 5.41) is 9.09. The number of rotatable bonds is 3. The van der Waals surface area contributed by atoms with E-state index in [1.807, 2.05) is 6.26 Å². The molecule has 1 fully saturated rings. The average Bonchev–Trinajstić information content (AvgIpc) is 2.85. The van der Waals surface area contributed by atoms with Gasteiger partial charge in [-0.1, -0.05) is 11.8 Å². The Labute approximate surface area is 75.5 Å². The van der Waals surface area contributed by atoms with E-state index in [4.69, 9.17) is 5.73 Å². The molecular formula is C7H12N4S. The second-order valence-corrected chi connectivity index (χ2v) is 3.68. The van der Waals surface area contributed by atoms with Gasteiger partial charge in [0.25, 0.3) is 0 Å². The monoisotopic (exact) mass is 184 g/mol. The molecule has 1 saturated carbocycles. The maximum Gasteiger partial charge on any atom is 0.191 e. The van der Waals surface area contributed by atoms with Crippen molar-refractivity contribution in [2.24, 2.45) is 5.73 Å². The fourth-order valence-corrected chi connectivity index (χ4v) is 1.86. The highest BCUT2D eigenvalue weighted by molar-refractivity contribution is 7.98. The van der Waals surface area contributed by atoms with Gasteiger partial charge in [-0.15, -0.1) is 10.2 Å². The maximum absolute atomic E-state index is 5.55. The van der Waals surface area contributed by atoms with Gasteiger partial charge in [0.05, 0.1) is 6.54 Å². The highest BCUT2D eigenvalue weighted by Gasteiger charge is 2.28. The molecule has 0 radical (unpaired) electrons. The zero-order chi connectivity index (χ0) is 8.55. The Kier molecular flexibility index (Phi) is 2.06. The molecule has 12 heavy (non-hydrogen) atoms. The Hall–Kier alpha value is -0.550. The molecule has 2 N–H and O–H groups in total. The van der Waals surface area contributed by atoms with Gasteiger partial charge in [0.15, 0.2) is 5.16 Å². The van der Waals surface area contributed by atoms with E-state index in [1.165, 1.54) is 12.8 Å². The van der Waals surface area contributed by atoms with Gasteiger partial charge in [-0.3, -0.25) is 0 Å². The summed E-state index contributed by atoms with van der Waals surface area (Å²) in [4.78, 5) is 0. The summed E-state index contributed by atoms with van der Waals surface area (Å²) in [6.07, 6.45) is 4.51. The smallest absolute Gasteiger partial charge is 0.191 e. The van der Waals surface area contributed by atoms with E-state index in [0.29, 0.717) is 12.6 Å². The molecule has 5 heteroatoms. The van der Waals surface area contributed by atoms with Crippen LogP contribution in [0.4, 0.5) is 0 Å². The van der Waals surface area contributed by atoms with Gasteiger partial charge >= 0.3 is 0 Å². The molecule has 0 aromatic carbocycles. The summed E-state index contributed by atoms with van der Waals surface area (Å²) in [6, 6.07) is 0.626. The predicted molar refractivity (Wildman–Crippen MR) is 48.0 cm³/mol. The lowest BCUT2D eigenvalue weighted by atomic mass is 10.5. The normalized spacial score (nSPS) is 16.8. The molecule has 0 amide bonds. The minimum absolute atomic E-state index is 0.490. The summed E-state index contributed by atoms with van der Waals surface area (Å²) in [6.45, 7) is 0.490. The molecule has 0 spiro atoms. The minimum atomic E-state index is 0.490. The van der Waals surface area contributed by atoms with Crippen molar-refractivity contribution in [2.45, 2.75) is 30.6 Å². The second-order valence-electron chi connectivity index (χ2n) is 2.91. The second kappa shape index (κ2) is 3.06. The third kappa shape index (κ3) is 1.23. The molecule has 4 nitrogen and oxygen atoms in total. The van der Waals surface area contributed by atoms with E-state index in [-0.39, 0.29) is 0 Å². The highest BCUT2D eigenvalue weighted by atomic mass is 32.2. The van der Waals surface area contributed by atoms with Crippen molar-refractivity contribution in [3.05, 3.63) is 5.82 Å². The number of nitrogens with zero attached hydrogens (tertiary/aromatic N) is 3. The number of hydrogen-bond acceptors (Lipinski definition) is 4. The maximum atomic E-state index is 5.55. The van der Waals surface area contributed by atoms with E-state index in [9.17, 15) is 0 Å². The number of thioether (sulfide) groups is 1. The lowest BCUT2D eigenvalue weighted by Gasteiger charge is -2.04. The fourth-order valence-electron chi connectivity index (χ4n) is 1.29. The Morgan fingerprint density at radius 2 is 2.33 bits per heavy atom. The first-order valence-corrected chi connectivity index (χ1v) is 5.27. The number of nitrogens with two attached hydrogens (primary N) is 1. The largest absolute Gasteiger partial charge is 0.324 e. The third-order valence-electron chi connectivity index (χ3n) is 2.01. The van der Waals surface area contributed by atoms with E-state index in [2.05, 4.69) is 14.8 Å². The van der Waals surface area contributed by atoms with Crippen LogP contribution < -0.4 is 5.73 Å². The fraction of sp³-hybridized carbons (Fsp3) is 0.714. The van der Waals surface area contributed by atoms with Crippen molar-refractivity contribution in [2.75, 3.05) is 6.26 Å². The van der Waals surface area contributed by atoms with Crippen LogP contribution in [-0.2, 0) is 6.54 Å². The Balaban J connectivity index is 2.36. The Morgan fingerprint density at radius 1 is 1.58 bits per heavy atom. The molecular weight excluding hydrogens is 172 g/mol. The molecule has 1 aromatic heterocycles. The quantitative estimate of drug-likeness (QED) is 0.706. The zero-order valence-electron chi connectivity index (χ0n) is 7.03. The van der Waals surface area contributed by atoms with Crippen LogP contribution in [0.15, 0.2) is 5.16 Å². The van der Waals surface area contributed by atoms with Gasteiger partial charge in [0, 0.05) is 6.04 Å². The van der Waals surface area contributed by atoms with Crippen molar-refractivity contribution >= 4 is 11.8 Å². The van der Waals surface area contributed by atoms with Crippen LogP contribution in [0.3, 0.4) is 0 Å². The van der Waals surface area contributed by atoms with E-state index < -0.39 is 0 Å². The van der Waals surface area contributed by atoms with Crippen LogP contribution >= 0.6 is 11.8 Å². The van der Waals surface area contributed by atoms with Gasteiger partial charge in [0.2, 0.25) is 0 Å². The Morgan fingerprint density at radius 3 is 2.83 bits per heavy atom. The van der Waals surface area contributed by atoms with Crippen molar-refractivity contribution in [3.8, 4) is 0 Å². The van der Waals surface area contributed by atoms with Crippen LogP contribution in [0.1, 0.15) is 24.7 Å². The Bertz CT molecular complexity index is 257. The van der Waals surface area contributed by atoms with Crippen LogP contribution in [0.5, 0.6) is 0 Å². The van der Waals surface area contributed by atoms with Crippen LogP contribution in [0, 0.1) is 0 Å². The molecule has 1 aliphatic carbocycles. The molecule has 1 heterocycles. The molecule has 0 aliphatic heterocycles. The zero-order valence-corrected chi connectivity index (χ0v) is 7.84. The molecule has 0 bridgehead atoms. The van der Waals surface area contributed by atoms with Crippen LogP contribution in [0.25, 0.3) is 0 Å². The summed E-state index contributed by atoms with van der Waals surface area (Å²) in [7, 11) is 0. The van der Waals surface area contributed by atoms with Crippen molar-refractivity contribution in [1.82, 2.24) is 14.8 Å². The highest BCUT2D eigenvalue weighted by Crippen LogP contribution is 2.38. The molecule has 0 atom stereocenters. The molecule has 66 valence electrons. The number of hydrogen-bond donors (Lipinski definition) is 1. The summed E-state index contributed by atoms with van der Waals surface area (Å²) >= 11 is 1.63. The SMILES string of the molecule is CSc1nnc(CN)n1C1CC1. The predicted octanol–water partition coefficient (Wildman–Crippen LogP) is 0.794. The molecule has 0 saturated heterocycles. The molecule has 1 aromatic rings. The lowest BCUT2D eigenvalue weighted by Crippen LogP contribution is -2.07. The minimum Gasteiger partial charge on any atom is -0.324 e. The van der Waals surface area contributed by atoms with Gasteiger partial charge in [-0.05, 0) is 19.1 Å². The van der Waals surface area contributed by atoms with Gasteiger partial charge in [-0.2, -0.15) is 0 Å². The number of aromatic nitrogens is 3. The van der Waals surface area contributed by atoms with E-state index >= 15 is 0 Å². The summed E-state index contributed by atoms with van der Waals surface area (Å²) in [5.74, 6) is 0.918. The van der Waals surface area contributed by atoms with Gasteiger partial charge in [-0.25, -0.2) is 0 Å². The van der Waals surface area contributed by atoms with E-state index in [0.717, 1.165) is 11.0 Å². The van der Waals surface area contributed by atoms with Crippen LogP contribution in [0.2, 0.25) is 0 Å². The lowest BCUT2D eigenvalue weighted by molar-refractivity contribution is 0.627. The first-order chi connectivity index (χ1) is 5.86. The summed E-state index contributed by atoms with van der Waals surface area (Å²) in [5.41, 5.74) is 5.55. The molecule has 2 rings (SSSR count). The molecule has 1 aliphatic rings. The van der Waals surface area contributed by atoms with Crippen molar-refractivity contribution in [1.29, 1.82) is 0 Å². The van der Waals surface area contributed by atoms with Crippen molar-refractivity contribution < 1.29 is 0 Å². The first-order valence-electron chi connectivity index (χ1n) is 4.04. The van der Waals surface area contributed by atoms with Crippen LogP contribution in [-0.4, -0.2) is 21.0 Å². The summed E-state index contributed by atoms with van der Waals surface area (Å²) < 4.78 is 2.17. The van der Waals surface area contributed by atoms with E-state index in [1.54, 1.807) is 11.8 Å². The average molecular weight is 184 g/mol. The van der Waals surface area contributed by atoms with Gasteiger partial charge < -0.3 is 10.3 Å². The first kappa shape index (κ1) is 8.07. The topological polar surface area (TPSA) is 56.7 Å². The van der Waals surface area contributed by atoms with Gasteiger partial charge in [0.1, 0.15) is 5.82 Å². The molecule has 0 unspecified atom stereocenters. The third-order valence-corrected chi connectivity index (χ3v) is 2.66. The van der Waals surface area contributed by atoms with Crippen molar-refractivity contribution in [3.63, 3.8) is 0 Å². The standard InChI is InChI=1S/C7H12N4S/c1-12-7-10-9-6(4-8)11(7)5-2-3-5/h5H,2-4,8H2,1H3.